The number of epoxide rings is 1. The Kier molecular flexibility index (Phi) is 13.6. The molecule has 7 fully saturated rings. The van der Waals surface area contributed by atoms with Crippen molar-refractivity contribution in [3.63, 3.8) is 0 Å². The molecule has 3 aromatic heterocycles. The number of allylic oxidation sites excluding steroid dienone is 1. The average Bonchev–Trinajstić information content (AvgIpc) is 1.42. The normalized spacial score (nSPS) is 39.9. The molecule has 0 radical (unpaired) electrons. The van der Waals surface area contributed by atoms with E-state index in [-0.39, 0.29) is 46.9 Å². The van der Waals surface area contributed by atoms with Gasteiger partial charge >= 0.3 is 0 Å². The number of nitrogens with one attached hydrogen (secondary N) is 3. The Morgan fingerprint density at radius 1 is 0.878 bits per heavy atom. The summed E-state index contributed by atoms with van der Waals surface area (Å²) in [4.78, 5) is 40.6. The second-order valence-electron chi connectivity index (χ2n) is 31.0. The van der Waals surface area contributed by atoms with Crippen LogP contribution in [0.2, 0.25) is 0 Å². The first-order valence-electron chi connectivity index (χ1n) is 33.4. The first kappa shape index (κ1) is 56.0. The van der Waals surface area contributed by atoms with E-state index in [0.29, 0.717) is 42.9 Å². The fourth-order valence-electron chi connectivity index (χ4n) is 22.7. The van der Waals surface area contributed by atoms with Crippen molar-refractivity contribution in [2.75, 3.05) is 26.8 Å². The fourth-order valence-corrected chi connectivity index (χ4v) is 22.7. The number of aliphatic hydroxyl groups is 2. The van der Waals surface area contributed by atoms with Crippen molar-refractivity contribution in [2.45, 2.75) is 244 Å². The van der Waals surface area contributed by atoms with Gasteiger partial charge in [-0.3, -0.25) is 9.59 Å². The van der Waals surface area contributed by atoms with Gasteiger partial charge in [-0.25, -0.2) is 0 Å². The molecule has 0 unspecified atom stereocenters. The predicted octanol–water partition coefficient (Wildman–Crippen LogP) is 14.1. The summed E-state index contributed by atoms with van der Waals surface area (Å²) in [5.41, 5.74) is 10.4. The molecule has 82 heavy (non-hydrogen) atoms. The van der Waals surface area contributed by atoms with Crippen molar-refractivity contribution in [2.24, 2.45) is 56.2 Å². The molecule has 0 amide bonds. The molecule has 3 aliphatic heterocycles. The maximum atomic E-state index is 16.8. The van der Waals surface area contributed by atoms with Crippen molar-refractivity contribution in [1.29, 1.82) is 0 Å². The molecule has 10 nitrogen and oxygen atoms in total. The van der Waals surface area contributed by atoms with Crippen LogP contribution in [-0.4, -0.2) is 87.0 Å². The zero-order chi connectivity index (χ0) is 57.1. The smallest absolute Gasteiger partial charge is 0.163 e. The summed E-state index contributed by atoms with van der Waals surface area (Å²) in [6.07, 6.45) is 25.7. The van der Waals surface area contributed by atoms with E-state index >= 15 is 9.59 Å². The lowest BCUT2D eigenvalue weighted by Crippen LogP contribution is -2.74. The van der Waals surface area contributed by atoms with E-state index < -0.39 is 44.9 Å². The number of hydrogen-bond acceptors (Lipinski definition) is 7. The van der Waals surface area contributed by atoms with Gasteiger partial charge in [0.05, 0.1) is 34.8 Å². The molecule has 1 aromatic carbocycles. The number of benzene rings is 1. The van der Waals surface area contributed by atoms with Crippen LogP contribution in [-0.2, 0) is 38.4 Å². The number of aromatic nitrogens is 3. The standard InChI is InChI=1S/C72H100N4O6/c1-10-11-13-18-52-62(79)57-55-51(61(78)63-69(6,70(52,55)7)26-21-54-68(5,28-30-73-9)64(80)56-50-22-29-74-58(50)45-20-27-72(56,37-45)71(54,63)8)41-76-40-49(59-60(76)46(39-75-59)19-25-67(57,4)38-53(77)65-66(2,3)82-65)35-42-33-47(43-16-14-12-15-17-43)36-48(34-42)44-23-31-81-32-24-44/h22,29,33-34,36,39-40,43-45,51-54,56,61,63,65,73-75,77-78H,10-21,23-28,30-32,35,37-38,41H2,1-9H3/t45-,51+,52+,53+,54-,56-,61+,63-,65+,67-,68-,69-,70-,71+,72-/m0/s1. The number of aromatic amines is 2. The van der Waals surface area contributed by atoms with Crippen LogP contribution >= 0.6 is 0 Å². The number of ether oxygens (including phenoxy) is 2. The minimum Gasteiger partial charge on any atom is -0.392 e. The Labute approximate surface area is 489 Å². The SMILES string of the molecule is CCCCC[C@@H]1C(=O)C2=C3[C@@H](Cn4cc(Cc5cc(C6CCCCC6)cc(C6CCOCC6)c5)c5[nH]cc(c54)CC[C@@]2(C)C[C@@H](O)[C@H]2OC2(C)C)[C@@H](O)[C@@H]2[C@@]4(C)[C@@H](CC[C@]2(C)[C@]31C)[C@](C)(CCNC)C(=O)[C@@H]1c2cc[nH]c2[C@H]2CC[C@]14C2. The number of hydrogen-bond donors (Lipinski definition) is 5. The van der Waals surface area contributed by atoms with Gasteiger partial charge in [-0.2, -0.15) is 0 Å². The quantitative estimate of drug-likeness (QED) is 0.0624. The number of H-pyrrole nitrogens is 2. The van der Waals surface area contributed by atoms with Crippen LogP contribution in [0.3, 0.4) is 0 Å². The largest absolute Gasteiger partial charge is 0.392 e. The highest BCUT2D eigenvalue weighted by molar-refractivity contribution is 6.04. The molecule has 5 saturated carbocycles. The van der Waals surface area contributed by atoms with Crippen LogP contribution in [0.15, 0.2) is 54.0 Å². The van der Waals surface area contributed by atoms with Gasteiger partial charge in [-0.15, -0.1) is 0 Å². The second kappa shape index (κ2) is 19.9. The molecule has 7 aliphatic carbocycles. The zero-order valence-electron chi connectivity index (χ0n) is 51.5. The topological polar surface area (TPSA) is 145 Å². The zero-order valence-corrected chi connectivity index (χ0v) is 51.5. The monoisotopic (exact) mass is 1120 g/mol. The number of rotatable bonds is 14. The van der Waals surface area contributed by atoms with Gasteiger partial charge in [0.1, 0.15) is 11.9 Å². The summed E-state index contributed by atoms with van der Waals surface area (Å²) in [5, 5.41) is 30.9. The molecule has 10 heteroatoms. The molecule has 15 atom stereocenters. The summed E-state index contributed by atoms with van der Waals surface area (Å²) in [6.45, 7) is 21.8. The molecule has 444 valence electrons. The number of carbonyl (C=O) groups is 2. The number of carbonyl (C=O) groups excluding carboxylic acids is 2. The molecule has 1 spiro atoms. The first-order valence-corrected chi connectivity index (χ1v) is 33.4. The van der Waals surface area contributed by atoms with Crippen LogP contribution < -0.4 is 5.32 Å². The summed E-state index contributed by atoms with van der Waals surface area (Å²) in [7, 11) is 2.03. The Bertz CT molecular complexity index is 3150. The Morgan fingerprint density at radius 3 is 2.34 bits per heavy atom. The number of fused-ring (bicyclic) bond motifs is 8. The number of unbranched alkanes of at least 4 members (excludes halogenated alkanes) is 2. The minimum atomic E-state index is -0.793. The van der Waals surface area contributed by atoms with Crippen molar-refractivity contribution in [3.05, 3.63) is 93.1 Å². The molecule has 6 heterocycles. The van der Waals surface area contributed by atoms with Gasteiger partial charge in [-0.1, -0.05) is 98.3 Å². The number of aliphatic hydroxyl groups excluding tert-OH is 2. The lowest BCUT2D eigenvalue weighted by Gasteiger charge is -2.76. The Hall–Kier alpha value is -3.80. The van der Waals surface area contributed by atoms with Gasteiger partial charge in [0.25, 0.3) is 0 Å². The van der Waals surface area contributed by atoms with Gasteiger partial charge in [0, 0.05) is 78.7 Å². The van der Waals surface area contributed by atoms with Crippen LogP contribution in [0.5, 0.6) is 0 Å². The van der Waals surface area contributed by atoms with Crippen molar-refractivity contribution in [1.82, 2.24) is 19.9 Å². The van der Waals surface area contributed by atoms with Crippen LogP contribution in [0.4, 0.5) is 0 Å². The highest BCUT2D eigenvalue weighted by Crippen LogP contribution is 2.84. The van der Waals surface area contributed by atoms with E-state index in [1.54, 1.807) is 0 Å². The van der Waals surface area contributed by atoms with E-state index in [0.717, 1.165) is 115 Å². The van der Waals surface area contributed by atoms with Crippen LogP contribution in [0, 0.1) is 56.2 Å². The molecule has 14 rings (SSSR count). The second-order valence-corrected chi connectivity index (χ2v) is 31.0. The first-order chi connectivity index (χ1) is 39.3. The number of Topliss-reactive ketones (excluding diaryl/α,β-unsaturated/α-hetero) is 2. The van der Waals surface area contributed by atoms with E-state index in [2.05, 4.69) is 118 Å². The maximum absolute atomic E-state index is 16.8. The molecular formula is C72H100N4O6. The predicted molar refractivity (Wildman–Crippen MR) is 324 cm³/mol. The van der Waals surface area contributed by atoms with Crippen LogP contribution in [0.1, 0.15) is 240 Å². The number of ketones is 2. The summed E-state index contributed by atoms with van der Waals surface area (Å²) < 4.78 is 14.7. The Morgan fingerprint density at radius 2 is 1.62 bits per heavy atom. The number of nitrogens with zero attached hydrogens (tertiary/aromatic N) is 1. The van der Waals surface area contributed by atoms with Gasteiger partial charge in [0.2, 0.25) is 0 Å². The lowest BCUT2D eigenvalue weighted by atomic mass is 9.27. The molecular weight excluding hydrogens is 1020 g/mol. The van der Waals surface area contributed by atoms with E-state index in [9.17, 15) is 10.2 Å². The Balaban J connectivity index is 0.971. The third kappa shape index (κ3) is 7.86. The molecule has 2 saturated heterocycles. The van der Waals surface area contributed by atoms with Gasteiger partial charge in [0.15, 0.2) is 5.78 Å². The highest BCUT2D eigenvalue weighted by atomic mass is 16.6. The van der Waals surface area contributed by atoms with Crippen LogP contribution in [0.25, 0.3) is 11.0 Å². The minimum absolute atomic E-state index is 0.0618. The number of aryl methyl sites for hydroxylation is 1. The third-order valence-corrected chi connectivity index (χ3v) is 26.8. The van der Waals surface area contributed by atoms with Gasteiger partial charge < -0.3 is 39.5 Å². The van der Waals surface area contributed by atoms with E-state index in [4.69, 9.17) is 9.47 Å². The maximum Gasteiger partial charge on any atom is 0.163 e. The van der Waals surface area contributed by atoms with E-state index in [1.165, 1.54) is 87.8 Å². The fraction of sp³-hybridized carbons (Fsp3) is 0.722. The highest BCUT2D eigenvalue weighted by Gasteiger charge is 2.81. The van der Waals surface area contributed by atoms with Gasteiger partial charge in [-0.05, 0) is 214 Å². The lowest BCUT2D eigenvalue weighted by molar-refractivity contribution is -0.271. The average molecular weight is 1120 g/mol. The molecule has 4 aromatic rings. The molecule has 10 aliphatic rings. The summed E-state index contributed by atoms with van der Waals surface area (Å²) in [6, 6.07) is 9.91. The molecule has 5 N–H and O–H groups in total. The van der Waals surface area contributed by atoms with E-state index in [1.807, 2.05) is 7.05 Å². The van der Waals surface area contributed by atoms with Crippen molar-refractivity contribution >= 4 is 22.6 Å². The molecule has 2 bridgehead atoms. The van der Waals surface area contributed by atoms with Crippen molar-refractivity contribution < 1.29 is 29.3 Å². The summed E-state index contributed by atoms with van der Waals surface area (Å²) >= 11 is 0. The summed E-state index contributed by atoms with van der Waals surface area (Å²) in [5.74, 6) is 1.15. The third-order valence-electron chi connectivity index (χ3n) is 26.8. The van der Waals surface area contributed by atoms with Crippen molar-refractivity contribution in [3.8, 4) is 0 Å².